The van der Waals surface area contributed by atoms with E-state index in [1.54, 1.807) is 0 Å². The third kappa shape index (κ3) is 3.34. The second kappa shape index (κ2) is 6.56. The van der Waals surface area contributed by atoms with Gasteiger partial charge in [-0.15, -0.1) is 12.4 Å². The molecule has 2 N–H and O–H groups in total. The van der Waals surface area contributed by atoms with Crippen LogP contribution < -0.4 is 15.4 Å². The van der Waals surface area contributed by atoms with Crippen molar-refractivity contribution in [2.75, 3.05) is 25.5 Å². The number of carbonyl (C=O) groups is 1. The molecule has 1 aromatic rings. The minimum atomic E-state index is -0.437. The maximum absolute atomic E-state index is 13.2. The van der Waals surface area contributed by atoms with E-state index in [0.717, 1.165) is 13.0 Å². The standard InChI is InChI=1S/C12H15FN2O2.ClH/c1-17-11-6-9(2-3-10(11)13)15-12(16)8-4-5-14-7-8;/h2-3,6,8,14H,4-5,7H2,1H3,(H,15,16);1H. The maximum Gasteiger partial charge on any atom is 0.228 e. The van der Waals surface area contributed by atoms with Crippen molar-refractivity contribution in [1.82, 2.24) is 5.32 Å². The fraction of sp³-hybridized carbons (Fsp3) is 0.417. The number of benzene rings is 1. The molecule has 1 aromatic carbocycles. The zero-order valence-electron chi connectivity index (χ0n) is 10.0. The first-order valence-electron chi connectivity index (χ1n) is 5.56. The molecule has 1 fully saturated rings. The van der Waals surface area contributed by atoms with E-state index in [-0.39, 0.29) is 30.0 Å². The average Bonchev–Trinajstić information content (AvgIpc) is 2.85. The Kier molecular flexibility index (Phi) is 5.37. The summed E-state index contributed by atoms with van der Waals surface area (Å²) >= 11 is 0. The summed E-state index contributed by atoms with van der Waals surface area (Å²) in [5.74, 6) is -0.352. The molecule has 6 heteroatoms. The molecule has 18 heavy (non-hydrogen) atoms. The number of rotatable bonds is 3. The molecule has 0 aliphatic carbocycles. The van der Waals surface area contributed by atoms with E-state index in [1.165, 1.54) is 25.3 Å². The van der Waals surface area contributed by atoms with Gasteiger partial charge < -0.3 is 15.4 Å². The predicted octanol–water partition coefficient (Wildman–Crippen LogP) is 1.80. The van der Waals surface area contributed by atoms with Gasteiger partial charge in [0.1, 0.15) is 0 Å². The van der Waals surface area contributed by atoms with Crippen LogP contribution in [0.4, 0.5) is 10.1 Å². The molecule has 1 aliphatic heterocycles. The molecule has 4 nitrogen and oxygen atoms in total. The second-order valence-electron chi connectivity index (χ2n) is 4.03. The van der Waals surface area contributed by atoms with Crippen molar-refractivity contribution in [2.45, 2.75) is 6.42 Å². The zero-order valence-corrected chi connectivity index (χ0v) is 10.8. The van der Waals surface area contributed by atoms with Gasteiger partial charge in [-0.2, -0.15) is 0 Å². The minimum Gasteiger partial charge on any atom is -0.494 e. The number of hydrogen-bond donors (Lipinski definition) is 2. The Labute approximate surface area is 111 Å². The number of amides is 1. The Morgan fingerprint density at radius 1 is 1.56 bits per heavy atom. The summed E-state index contributed by atoms with van der Waals surface area (Å²) in [5, 5.41) is 5.89. The van der Waals surface area contributed by atoms with E-state index in [4.69, 9.17) is 4.74 Å². The van der Waals surface area contributed by atoms with Crippen LogP contribution in [0.3, 0.4) is 0 Å². The van der Waals surface area contributed by atoms with Crippen LogP contribution in [0.2, 0.25) is 0 Å². The van der Waals surface area contributed by atoms with Gasteiger partial charge in [0.05, 0.1) is 13.0 Å². The molecular formula is C12H16ClFN2O2. The highest BCUT2D eigenvalue weighted by Crippen LogP contribution is 2.22. The summed E-state index contributed by atoms with van der Waals surface area (Å²) in [6, 6.07) is 4.29. The van der Waals surface area contributed by atoms with Crippen molar-refractivity contribution in [3.05, 3.63) is 24.0 Å². The van der Waals surface area contributed by atoms with Crippen LogP contribution in [0.1, 0.15) is 6.42 Å². The number of ether oxygens (including phenoxy) is 1. The molecule has 2 rings (SSSR count). The smallest absolute Gasteiger partial charge is 0.228 e. The van der Waals surface area contributed by atoms with Gasteiger partial charge in [0.2, 0.25) is 5.91 Å². The fourth-order valence-electron chi connectivity index (χ4n) is 1.86. The summed E-state index contributed by atoms with van der Waals surface area (Å²) in [4.78, 5) is 11.8. The van der Waals surface area contributed by atoms with Gasteiger partial charge in [-0.1, -0.05) is 0 Å². The fourth-order valence-corrected chi connectivity index (χ4v) is 1.86. The highest BCUT2D eigenvalue weighted by atomic mass is 35.5. The molecule has 1 heterocycles. The highest BCUT2D eigenvalue weighted by Gasteiger charge is 2.22. The third-order valence-electron chi connectivity index (χ3n) is 2.85. The number of hydrogen-bond acceptors (Lipinski definition) is 3. The Morgan fingerprint density at radius 2 is 2.33 bits per heavy atom. The first-order valence-corrected chi connectivity index (χ1v) is 5.56. The van der Waals surface area contributed by atoms with E-state index in [9.17, 15) is 9.18 Å². The van der Waals surface area contributed by atoms with Crippen LogP contribution in [-0.4, -0.2) is 26.1 Å². The SMILES string of the molecule is COc1cc(NC(=O)C2CCNC2)ccc1F.Cl. The van der Waals surface area contributed by atoms with Crippen molar-refractivity contribution in [1.29, 1.82) is 0 Å². The first kappa shape index (κ1) is 14.7. The van der Waals surface area contributed by atoms with Crippen molar-refractivity contribution in [2.24, 2.45) is 5.92 Å². The molecule has 0 bridgehead atoms. The Bertz CT molecular complexity index is 423. The van der Waals surface area contributed by atoms with Crippen molar-refractivity contribution in [3.63, 3.8) is 0 Å². The molecule has 1 amide bonds. The second-order valence-corrected chi connectivity index (χ2v) is 4.03. The van der Waals surface area contributed by atoms with E-state index in [1.807, 2.05) is 0 Å². The van der Waals surface area contributed by atoms with Crippen LogP contribution in [0, 0.1) is 11.7 Å². The Morgan fingerprint density at radius 3 is 2.94 bits per heavy atom. The topological polar surface area (TPSA) is 50.4 Å². The summed E-state index contributed by atoms with van der Waals surface area (Å²) in [7, 11) is 1.39. The molecular weight excluding hydrogens is 259 g/mol. The molecule has 0 spiro atoms. The summed E-state index contributed by atoms with van der Waals surface area (Å²) in [6.45, 7) is 1.56. The summed E-state index contributed by atoms with van der Waals surface area (Å²) in [5.41, 5.74) is 0.556. The first-order chi connectivity index (χ1) is 8.20. The molecule has 1 unspecified atom stereocenters. The number of carbonyl (C=O) groups excluding carboxylic acids is 1. The van der Waals surface area contributed by atoms with E-state index < -0.39 is 5.82 Å². The Hall–Kier alpha value is -1.33. The molecule has 1 aliphatic rings. The predicted molar refractivity (Wildman–Crippen MR) is 69.8 cm³/mol. The van der Waals surface area contributed by atoms with E-state index in [2.05, 4.69) is 10.6 Å². The lowest BCUT2D eigenvalue weighted by Crippen LogP contribution is -2.24. The maximum atomic E-state index is 13.2. The van der Waals surface area contributed by atoms with Gasteiger partial charge in [-0.3, -0.25) is 4.79 Å². The largest absolute Gasteiger partial charge is 0.494 e. The average molecular weight is 275 g/mol. The molecule has 0 saturated carbocycles. The van der Waals surface area contributed by atoms with E-state index in [0.29, 0.717) is 12.2 Å². The normalized spacial score (nSPS) is 18.0. The van der Waals surface area contributed by atoms with Crippen LogP contribution in [0.5, 0.6) is 5.75 Å². The highest BCUT2D eigenvalue weighted by molar-refractivity contribution is 5.93. The summed E-state index contributed by atoms with van der Waals surface area (Å²) in [6.07, 6.45) is 0.837. The van der Waals surface area contributed by atoms with Gasteiger partial charge in [-0.25, -0.2) is 4.39 Å². The molecule has 1 saturated heterocycles. The quantitative estimate of drug-likeness (QED) is 0.884. The monoisotopic (exact) mass is 274 g/mol. The van der Waals surface area contributed by atoms with Crippen molar-refractivity contribution in [3.8, 4) is 5.75 Å². The molecule has 100 valence electrons. The van der Waals surface area contributed by atoms with Crippen LogP contribution >= 0.6 is 12.4 Å². The number of methoxy groups -OCH3 is 1. The van der Waals surface area contributed by atoms with Gasteiger partial charge in [0.25, 0.3) is 0 Å². The van der Waals surface area contributed by atoms with Gasteiger partial charge in [0, 0.05) is 18.3 Å². The van der Waals surface area contributed by atoms with Crippen molar-refractivity contribution < 1.29 is 13.9 Å². The van der Waals surface area contributed by atoms with Crippen LogP contribution in [-0.2, 0) is 4.79 Å². The van der Waals surface area contributed by atoms with Gasteiger partial charge >= 0.3 is 0 Å². The van der Waals surface area contributed by atoms with E-state index >= 15 is 0 Å². The number of halogens is 2. The van der Waals surface area contributed by atoms with Gasteiger partial charge in [0.15, 0.2) is 11.6 Å². The number of nitrogens with one attached hydrogen (secondary N) is 2. The van der Waals surface area contributed by atoms with Crippen LogP contribution in [0.25, 0.3) is 0 Å². The van der Waals surface area contributed by atoms with Crippen molar-refractivity contribution >= 4 is 24.0 Å². The summed E-state index contributed by atoms with van der Waals surface area (Å²) < 4.78 is 18.0. The van der Waals surface area contributed by atoms with Gasteiger partial charge in [-0.05, 0) is 25.1 Å². The van der Waals surface area contributed by atoms with Crippen LogP contribution in [0.15, 0.2) is 18.2 Å². The zero-order chi connectivity index (χ0) is 12.3. The molecule has 1 atom stereocenters. The Balaban J connectivity index is 0.00000162. The molecule has 0 radical (unpaired) electrons. The molecule has 0 aromatic heterocycles. The lowest BCUT2D eigenvalue weighted by atomic mass is 10.1. The lowest BCUT2D eigenvalue weighted by molar-refractivity contribution is -0.119. The lowest BCUT2D eigenvalue weighted by Gasteiger charge is -2.11. The number of anilines is 1. The third-order valence-corrected chi connectivity index (χ3v) is 2.85. The minimum absolute atomic E-state index is 0.